The van der Waals surface area contributed by atoms with Crippen LogP contribution in [0.4, 0.5) is 10.1 Å². The Bertz CT molecular complexity index is 1350. The predicted octanol–water partition coefficient (Wildman–Crippen LogP) is 3.12. The highest BCUT2D eigenvalue weighted by molar-refractivity contribution is 5.98. The number of likely N-dealkylation sites (N-methyl/N-ethyl adjacent to an activating group) is 1. The summed E-state index contributed by atoms with van der Waals surface area (Å²) >= 11 is 0. The van der Waals surface area contributed by atoms with E-state index in [1.807, 2.05) is 16.5 Å². The number of anilines is 1. The fourth-order valence-corrected chi connectivity index (χ4v) is 4.28. The summed E-state index contributed by atoms with van der Waals surface area (Å²) in [5.41, 5.74) is 3.26. The number of aromatic nitrogens is 1. The first-order chi connectivity index (χ1) is 16.4. The number of carbonyl (C=O) groups excluding carboxylic acids is 1. The molecule has 3 aromatic rings. The zero-order valence-electron chi connectivity index (χ0n) is 19.3. The van der Waals surface area contributed by atoms with Crippen molar-refractivity contribution in [3.05, 3.63) is 69.8 Å². The molecule has 1 aliphatic carbocycles. The van der Waals surface area contributed by atoms with Crippen LogP contribution in [-0.4, -0.2) is 59.9 Å². The van der Waals surface area contributed by atoms with Crippen molar-refractivity contribution in [2.24, 2.45) is 5.10 Å². The van der Waals surface area contributed by atoms with Gasteiger partial charge in [-0.05, 0) is 44.2 Å². The number of phenolic OH excluding ortho intramolecular Hbond substituents is 1. The average Bonchev–Trinajstić information content (AvgIpc) is 3.66. The van der Waals surface area contributed by atoms with Crippen LogP contribution in [0.25, 0.3) is 10.9 Å². The van der Waals surface area contributed by atoms with Crippen LogP contribution >= 0.6 is 12.4 Å². The molecular weight excluding hydrogens is 473 g/mol. The number of piperazine rings is 1. The predicted molar refractivity (Wildman–Crippen MR) is 137 cm³/mol. The quantitative estimate of drug-likeness (QED) is 0.416. The van der Waals surface area contributed by atoms with Gasteiger partial charge in [0.15, 0.2) is 0 Å². The minimum absolute atomic E-state index is 0. The first-order valence-corrected chi connectivity index (χ1v) is 11.4. The molecule has 2 heterocycles. The lowest BCUT2D eigenvalue weighted by Gasteiger charge is -2.34. The van der Waals surface area contributed by atoms with Gasteiger partial charge in [-0.1, -0.05) is 12.1 Å². The second kappa shape index (κ2) is 10.1. The molecule has 1 saturated heterocycles. The molecule has 1 saturated carbocycles. The smallest absolute Gasteiger partial charge is 0.276 e. The highest BCUT2D eigenvalue weighted by Crippen LogP contribution is 2.38. The number of aromatic hydroxyl groups is 1. The van der Waals surface area contributed by atoms with Crippen molar-refractivity contribution in [2.75, 3.05) is 38.1 Å². The Labute approximate surface area is 208 Å². The average molecular weight is 500 g/mol. The molecule has 1 amide bonds. The Balaban J connectivity index is 0.00000289. The van der Waals surface area contributed by atoms with Crippen LogP contribution < -0.4 is 15.8 Å². The second-order valence-electron chi connectivity index (χ2n) is 8.88. The number of phenols is 1. The Morgan fingerprint density at radius 2 is 1.89 bits per heavy atom. The molecule has 0 unspecified atom stereocenters. The molecule has 8 nitrogen and oxygen atoms in total. The summed E-state index contributed by atoms with van der Waals surface area (Å²) in [6, 6.07) is 9.72. The van der Waals surface area contributed by atoms with E-state index in [-0.39, 0.29) is 35.1 Å². The lowest BCUT2D eigenvalue weighted by atomic mass is 10.1. The number of hydrogen-bond acceptors (Lipinski definition) is 6. The van der Waals surface area contributed by atoms with Crippen molar-refractivity contribution in [1.82, 2.24) is 14.9 Å². The number of benzene rings is 2. The molecule has 0 atom stereocenters. The lowest BCUT2D eigenvalue weighted by molar-refractivity contribution is 0.0953. The molecule has 0 radical (unpaired) electrons. The number of hydrazone groups is 1. The maximum Gasteiger partial charge on any atom is 0.276 e. The van der Waals surface area contributed by atoms with E-state index in [1.165, 1.54) is 18.3 Å². The molecule has 10 heteroatoms. The standard InChI is InChI=1S/C25H26FN5O3.ClH/c1-29-8-10-30(11-9-29)22-13-21-18(12-20(22)26)24(33)19(15-31(21)17-6-7-17)25(34)28-27-14-16-4-2-3-5-23(16)32;/h2-5,12-15,17,32H,6-11H2,1H3,(H,28,34);1H/b27-14-;. The third kappa shape index (κ3) is 5.01. The number of carbonyl (C=O) groups is 1. The van der Waals surface area contributed by atoms with E-state index in [0.717, 1.165) is 25.9 Å². The number of para-hydroxylation sites is 1. The summed E-state index contributed by atoms with van der Waals surface area (Å²) in [5.74, 6) is -1.13. The molecule has 184 valence electrons. The van der Waals surface area contributed by atoms with E-state index in [9.17, 15) is 14.7 Å². The Kier molecular flexibility index (Phi) is 7.09. The summed E-state index contributed by atoms with van der Waals surface area (Å²) in [6.45, 7) is 3.10. The van der Waals surface area contributed by atoms with Crippen molar-refractivity contribution in [2.45, 2.75) is 18.9 Å². The summed E-state index contributed by atoms with van der Waals surface area (Å²) in [5, 5.41) is 13.9. The maximum atomic E-state index is 15.1. The molecule has 1 aliphatic heterocycles. The van der Waals surface area contributed by atoms with Crippen LogP contribution in [0, 0.1) is 5.82 Å². The number of nitrogens with one attached hydrogen (secondary N) is 1. The van der Waals surface area contributed by atoms with Gasteiger partial charge in [0, 0.05) is 49.4 Å². The van der Waals surface area contributed by atoms with Crippen molar-refractivity contribution in [3.8, 4) is 5.75 Å². The van der Waals surface area contributed by atoms with Crippen LogP contribution in [0.3, 0.4) is 0 Å². The van der Waals surface area contributed by atoms with Gasteiger partial charge < -0.3 is 19.5 Å². The van der Waals surface area contributed by atoms with E-state index >= 15 is 4.39 Å². The van der Waals surface area contributed by atoms with Crippen molar-refractivity contribution >= 4 is 41.1 Å². The molecule has 2 aromatic carbocycles. The van der Waals surface area contributed by atoms with Crippen LogP contribution in [0.1, 0.15) is 34.8 Å². The van der Waals surface area contributed by atoms with E-state index < -0.39 is 17.2 Å². The van der Waals surface area contributed by atoms with E-state index in [1.54, 1.807) is 30.5 Å². The van der Waals surface area contributed by atoms with Gasteiger partial charge >= 0.3 is 0 Å². The van der Waals surface area contributed by atoms with Gasteiger partial charge in [-0.25, -0.2) is 9.82 Å². The Hall–Kier alpha value is -3.43. The van der Waals surface area contributed by atoms with Crippen LogP contribution in [0.2, 0.25) is 0 Å². The number of halogens is 2. The van der Waals surface area contributed by atoms with Gasteiger partial charge in [0.25, 0.3) is 5.91 Å². The molecule has 0 bridgehead atoms. The highest BCUT2D eigenvalue weighted by atomic mass is 35.5. The minimum Gasteiger partial charge on any atom is -0.507 e. The van der Waals surface area contributed by atoms with Crippen molar-refractivity contribution < 1.29 is 14.3 Å². The number of amides is 1. The van der Waals surface area contributed by atoms with Crippen molar-refractivity contribution in [1.29, 1.82) is 0 Å². The monoisotopic (exact) mass is 499 g/mol. The van der Waals surface area contributed by atoms with Crippen LogP contribution in [-0.2, 0) is 0 Å². The first-order valence-electron chi connectivity index (χ1n) is 11.4. The summed E-state index contributed by atoms with van der Waals surface area (Å²) in [6.07, 6.45) is 4.73. The number of nitrogens with zero attached hydrogens (tertiary/aromatic N) is 4. The second-order valence-corrected chi connectivity index (χ2v) is 8.88. The molecule has 2 aliphatic rings. The van der Waals surface area contributed by atoms with Gasteiger partial charge in [-0.3, -0.25) is 9.59 Å². The summed E-state index contributed by atoms with van der Waals surface area (Å²) < 4.78 is 17.1. The number of rotatable bonds is 5. The van der Waals surface area contributed by atoms with Gasteiger partial charge in [-0.2, -0.15) is 5.10 Å². The first kappa shape index (κ1) is 24.7. The Morgan fingerprint density at radius 1 is 1.17 bits per heavy atom. The molecule has 5 rings (SSSR count). The van der Waals surface area contributed by atoms with Crippen LogP contribution in [0.15, 0.2) is 52.5 Å². The summed E-state index contributed by atoms with van der Waals surface area (Å²) in [4.78, 5) is 30.2. The third-order valence-corrected chi connectivity index (χ3v) is 6.44. The van der Waals surface area contributed by atoms with Gasteiger partial charge in [0.2, 0.25) is 5.43 Å². The normalized spacial score (nSPS) is 16.5. The molecule has 35 heavy (non-hydrogen) atoms. The Morgan fingerprint density at radius 3 is 2.57 bits per heavy atom. The zero-order chi connectivity index (χ0) is 23.8. The minimum atomic E-state index is -0.684. The zero-order valence-corrected chi connectivity index (χ0v) is 20.1. The van der Waals surface area contributed by atoms with Crippen LogP contribution in [0.5, 0.6) is 5.75 Å². The SMILES string of the molecule is CN1CCN(c2cc3c(cc2F)c(=O)c(C(=O)N/N=C\c2ccccc2O)cn3C2CC2)CC1.Cl. The van der Waals surface area contributed by atoms with E-state index in [4.69, 9.17) is 0 Å². The molecular formula is C25H27ClFN5O3. The largest absolute Gasteiger partial charge is 0.507 e. The van der Waals surface area contributed by atoms with Gasteiger partial charge in [0.05, 0.1) is 17.4 Å². The summed E-state index contributed by atoms with van der Waals surface area (Å²) in [7, 11) is 2.04. The third-order valence-electron chi connectivity index (χ3n) is 6.44. The van der Waals surface area contributed by atoms with E-state index in [0.29, 0.717) is 29.9 Å². The highest BCUT2D eigenvalue weighted by Gasteiger charge is 2.28. The lowest BCUT2D eigenvalue weighted by Crippen LogP contribution is -2.44. The van der Waals surface area contributed by atoms with Crippen molar-refractivity contribution in [3.63, 3.8) is 0 Å². The van der Waals surface area contributed by atoms with E-state index in [2.05, 4.69) is 15.4 Å². The molecule has 0 spiro atoms. The number of fused-ring (bicyclic) bond motifs is 1. The maximum absolute atomic E-state index is 15.1. The van der Waals surface area contributed by atoms with Gasteiger partial charge in [-0.15, -0.1) is 12.4 Å². The fourth-order valence-electron chi connectivity index (χ4n) is 4.28. The number of pyridine rings is 1. The molecule has 2 N–H and O–H groups in total. The number of hydrogen-bond donors (Lipinski definition) is 2. The van der Waals surface area contributed by atoms with Gasteiger partial charge in [0.1, 0.15) is 17.1 Å². The molecule has 1 aromatic heterocycles. The molecule has 2 fully saturated rings. The topological polar surface area (TPSA) is 90.2 Å². The fraction of sp³-hybridized carbons (Fsp3) is 0.320.